The third-order valence-corrected chi connectivity index (χ3v) is 8.24. The second kappa shape index (κ2) is 38.8. The molecular formula is C43H72O5. The van der Waals surface area contributed by atoms with E-state index in [4.69, 9.17) is 9.47 Å². The van der Waals surface area contributed by atoms with Gasteiger partial charge in [0.1, 0.15) is 6.61 Å². The minimum atomic E-state index is -0.871. The first-order chi connectivity index (χ1) is 23.6. The average molecular weight is 669 g/mol. The Morgan fingerprint density at radius 2 is 0.917 bits per heavy atom. The summed E-state index contributed by atoms with van der Waals surface area (Å²) in [6.45, 7) is 3.98. The number of hydrogen-bond donors (Lipinski definition) is 1. The summed E-state index contributed by atoms with van der Waals surface area (Å²) in [5.74, 6) is -0.907. The molecule has 0 aromatic carbocycles. The molecule has 0 radical (unpaired) electrons. The van der Waals surface area contributed by atoms with Gasteiger partial charge < -0.3 is 14.6 Å². The van der Waals surface area contributed by atoms with Crippen LogP contribution in [0.15, 0.2) is 72.9 Å². The molecule has 5 nitrogen and oxygen atoms in total. The molecule has 0 amide bonds. The van der Waals surface area contributed by atoms with Gasteiger partial charge in [0.2, 0.25) is 0 Å². The van der Waals surface area contributed by atoms with Crippen LogP contribution in [0.2, 0.25) is 0 Å². The molecule has 0 aliphatic heterocycles. The molecule has 48 heavy (non-hydrogen) atoms. The zero-order valence-electron chi connectivity index (χ0n) is 31.0. The number of allylic oxidation sites excluding steroid dienone is 11. The highest BCUT2D eigenvalue weighted by Crippen LogP contribution is 2.14. The lowest BCUT2D eigenvalue weighted by molar-refractivity contribution is -0.157. The number of aliphatic hydroxyl groups is 1. The van der Waals surface area contributed by atoms with Gasteiger partial charge in [-0.1, -0.05) is 209 Å². The summed E-state index contributed by atoms with van der Waals surface area (Å²) in [5, 5.41) is 9.51. The molecule has 0 aromatic heterocycles. The van der Waals surface area contributed by atoms with E-state index in [1.165, 1.54) is 128 Å². The molecular weight excluding hydrogens is 596 g/mol. The zero-order valence-corrected chi connectivity index (χ0v) is 31.0. The van der Waals surface area contributed by atoms with Crippen molar-refractivity contribution in [1.29, 1.82) is 0 Å². The van der Waals surface area contributed by atoms with Gasteiger partial charge in [-0.15, -0.1) is 0 Å². The summed E-state index contributed by atoms with van der Waals surface area (Å²) in [6.07, 6.45) is 51.6. The van der Waals surface area contributed by atoms with Crippen molar-refractivity contribution in [2.45, 2.75) is 174 Å². The van der Waals surface area contributed by atoms with Crippen molar-refractivity contribution in [3.05, 3.63) is 72.9 Å². The maximum atomic E-state index is 12.1. The Hall–Kier alpha value is -2.66. The maximum absolute atomic E-state index is 12.1. The van der Waals surface area contributed by atoms with Gasteiger partial charge in [-0.2, -0.15) is 0 Å². The van der Waals surface area contributed by atoms with Gasteiger partial charge in [-0.25, -0.2) is 4.79 Å². The molecule has 0 aliphatic carbocycles. The largest absolute Gasteiger partial charge is 0.462 e. The number of esters is 2. The zero-order chi connectivity index (χ0) is 35.0. The molecule has 0 saturated heterocycles. The fraction of sp³-hybridized carbons (Fsp3) is 0.674. The van der Waals surface area contributed by atoms with E-state index in [0.717, 1.165) is 25.7 Å². The van der Waals surface area contributed by atoms with Crippen molar-refractivity contribution in [3.8, 4) is 0 Å². The molecule has 0 rings (SSSR count). The number of carbonyl (C=O) groups excluding carboxylic acids is 2. The summed E-state index contributed by atoms with van der Waals surface area (Å²) in [5.41, 5.74) is 0. The fourth-order valence-electron chi connectivity index (χ4n) is 5.27. The van der Waals surface area contributed by atoms with E-state index in [1.807, 2.05) is 42.5 Å². The van der Waals surface area contributed by atoms with E-state index in [1.54, 1.807) is 12.2 Å². The monoisotopic (exact) mass is 669 g/mol. The van der Waals surface area contributed by atoms with Crippen molar-refractivity contribution in [2.75, 3.05) is 13.2 Å². The van der Waals surface area contributed by atoms with Gasteiger partial charge in [0.15, 0.2) is 6.10 Å². The molecule has 1 atom stereocenters. The summed E-state index contributed by atoms with van der Waals surface area (Å²) >= 11 is 0. The molecule has 5 heteroatoms. The second-order valence-electron chi connectivity index (χ2n) is 12.9. The van der Waals surface area contributed by atoms with Gasteiger partial charge in [0.05, 0.1) is 6.61 Å². The number of hydrogen-bond acceptors (Lipinski definition) is 5. The first-order valence-corrected chi connectivity index (χ1v) is 19.6. The Balaban J connectivity index is 3.81. The van der Waals surface area contributed by atoms with Crippen molar-refractivity contribution in [1.82, 2.24) is 0 Å². The number of ether oxygens (including phenoxy) is 2. The van der Waals surface area contributed by atoms with Gasteiger partial charge in [-0.3, -0.25) is 4.79 Å². The van der Waals surface area contributed by atoms with Gasteiger partial charge in [-0.05, 0) is 19.3 Å². The summed E-state index contributed by atoms with van der Waals surface area (Å²) < 4.78 is 10.4. The number of rotatable bonds is 34. The van der Waals surface area contributed by atoms with Crippen LogP contribution in [0.25, 0.3) is 0 Å². The highest BCUT2D eigenvalue weighted by Gasteiger charge is 2.14. The van der Waals surface area contributed by atoms with E-state index in [0.29, 0.717) is 6.42 Å². The third kappa shape index (κ3) is 36.2. The maximum Gasteiger partial charge on any atom is 0.331 e. The Labute approximate surface area is 295 Å². The molecule has 274 valence electrons. The lowest BCUT2D eigenvalue weighted by atomic mass is 10.0. The van der Waals surface area contributed by atoms with E-state index in [-0.39, 0.29) is 12.6 Å². The van der Waals surface area contributed by atoms with Crippen LogP contribution in [-0.4, -0.2) is 36.4 Å². The number of aliphatic hydroxyl groups excluding tert-OH is 1. The lowest BCUT2D eigenvalue weighted by Crippen LogP contribution is -2.27. The standard InChI is InChI=1S/C43H72O5/c1-3-5-7-9-11-13-15-17-19-20-21-22-24-26-28-30-32-34-36-38-43(46)48-41(39-44)40-47-42(45)37-35-33-31-29-27-25-23-18-16-14-12-10-8-6-4-2/h19-22,24,26,28,30,32,34,36,38,41,44H,3-18,23,25,27,29,31,33,35,37,39-40H2,1-2H3/b20-19+,22-21+,26-24+,30-28+,34-32+,38-36+. The lowest BCUT2D eigenvalue weighted by Gasteiger charge is -2.14. The fourth-order valence-corrected chi connectivity index (χ4v) is 5.27. The third-order valence-electron chi connectivity index (χ3n) is 8.24. The minimum Gasteiger partial charge on any atom is -0.462 e. The minimum absolute atomic E-state index is 0.137. The van der Waals surface area contributed by atoms with Crippen LogP contribution in [0, 0.1) is 0 Å². The van der Waals surface area contributed by atoms with Crippen LogP contribution in [-0.2, 0) is 19.1 Å². The van der Waals surface area contributed by atoms with Crippen LogP contribution < -0.4 is 0 Å². The quantitative estimate of drug-likeness (QED) is 0.0320. The predicted molar refractivity (Wildman–Crippen MR) is 205 cm³/mol. The Morgan fingerprint density at radius 3 is 1.38 bits per heavy atom. The van der Waals surface area contributed by atoms with Crippen LogP contribution in [0.3, 0.4) is 0 Å². The van der Waals surface area contributed by atoms with Crippen LogP contribution in [0.1, 0.15) is 168 Å². The molecule has 0 heterocycles. The predicted octanol–water partition coefficient (Wildman–Crippen LogP) is 12.2. The van der Waals surface area contributed by atoms with E-state index in [2.05, 4.69) is 26.0 Å². The molecule has 0 fully saturated rings. The highest BCUT2D eigenvalue weighted by atomic mass is 16.6. The average Bonchev–Trinajstić information content (AvgIpc) is 3.09. The first kappa shape index (κ1) is 45.3. The second-order valence-corrected chi connectivity index (χ2v) is 12.9. The smallest absolute Gasteiger partial charge is 0.331 e. The van der Waals surface area contributed by atoms with Crippen LogP contribution in [0.4, 0.5) is 0 Å². The van der Waals surface area contributed by atoms with Gasteiger partial charge >= 0.3 is 11.9 Å². The molecule has 0 saturated carbocycles. The Morgan fingerprint density at radius 1 is 0.521 bits per heavy atom. The van der Waals surface area contributed by atoms with Crippen molar-refractivity contribution < 1.29 is 24.2 Å². The van der Waals surface area contributed by atoms with E-state index < -0.39 is 18.7 Å². The topological polar surface area (TPSA) is 72.8 Å². The molecule has 1 N–H and O–H groups in total. The van der Waals surface area contributed by atoms with E-state index in [9.17, 15) is 14.7 Å². The summed E-state index contributed by atoms with van der Waals surface area (Å²) in [7, 11) is 0. The molecule has 0 bridgehead atoms. The van der Waals surface area contributed by atoms with Gasteiger partial charge in [0, 0.05) is 12.5 Å². The number of carbonyl (C=O) groups is 2. The molecule has 1 unspecified atom stereocenters. The Bertz CT molecular complexity index is 895. The molecule has 0 aromatic rings. The number of unbranched alkanes of at least 4 members (excludes halogenated alkanes) is 21. The summed E-state index contributed by atoms with van der Waals surface area (Å²) in [4.78, 5) is 24.1. The molecule has 0 aliphatic rings. The van der Waals surface area contributed by atoms with Crippen LogP contribution in [0.5, 0.6) is 0 Å². The van der Waals surface area contributed by atoms with Crippen molar-refractivity contribution in [2.24, 2.45) is 0 Å². The summed E-state index contributed by atoms with van der Waals surface area (Å²) in [6, 6.07) is 0. The SMILES string of the molecule is CCCCCCCCC/C=C/C=C/C=C/C=C/C=C/C=C/C(=O)OC(CO)COC(=O)CCCCCCCCCCCCCCCCC. The van der Waals surface area contributed by atoms with Crippen LogP contribution >= 0.6 is 0 Å². The highest BCUT2D eigenvalue weighted by molar-refractivity contribution is 5.82. The van der Waals surface area contributed by atoms with E-state index >= 15 is 0 Å². The van der Waals surface area contributed by atoms with Crippen molar-refractivity contribution >= 4 is 11.9 Å². The normalized spacial score (nSPS) is 13.0. The van der Waals surface area contributed by atoms with Gasteiger partial charge in [0.25, 0.3) is 0 Å². The first-order valence-electron chi connectivity index (χ1n) is 19.6. The molecule has 0 spiro atoms. The van der Waals surface area contributed by atoms with Crippen molar-refractivity contribution in [3.63, 3.8) is 0 Å². The Kier molecular flexibility index (Phi) is 36.6.